The maximum Gasteiger partial charge on any atom is 0.142 e. The number of nitrogens with two attached hydrogens (primary N) is 1. The average Bonchev–Trinajstić information content (AvgIpc) is 3.11. The van der Waals surface area contributed by atoms with E-state index in [1.807, 2.05) is 6.07 Å². The highest BCUT2D eigenvalue weighted by atomic mass is 32.2. The molecule has 4 aromatic rings. The Balaban J connectivity index is 1.92. The summed E-state index contributed by atoms with van der Waals surface area (Å²) in [6.07, 6.45) is 2.06. The van der Waals surface area contributed by atoms with Gasteiger partial charge in [0.2, 0.25) is 0 Å². The number of hydrogen-bond donors (Lipinski definition) is 1. The molecule has 0 atom stereocenters. The highest BCUT2D eigenvalue weighted by molar-refractivity contribution is 7.98. The minimum Gasteiger partial charge on any atom is -0.459 e. The van der Waals surface area contributed by atoms with Crippen molar-refractivity contribution in [2.24, 2.45) is 5.73 Å². The molecule has 0 bridgehead atoms. The van der Waals surface area contributed by atoms with Crippen LogP contribution in [0.5, 0.6) is 0 Å². The summed E-state index contributed by atoms with van der Waals surface area (Å²) in [6.45, 7) is 0.343. The van der Waals surface area contributed by atoms with Gasteiger partial charge in [-0.1, -0.05) is 24.3 Å². The molecule has 3 aromatic carbocycles. The van der Waals surface area contributed by atoms with E-state index < -0.39 is 0 Å². The van der Waals surface area contributed by atoms with Gasteiger partial charge in [-0.25, -0.2) is 4.39 Å². The van der Waals surface area contributed by atoms with Gasteiger partial charge in [-0.05, 0) is 65.4 Å². The van der Waals surface area contributed by atoms with Gasteiger partial charge in [-0.3, -0.25) is 0 Å². The first-order valence-electron chi connectivity index (χ1n) is 8.35. The highest BCUT2D eigenvalue weighted by Gasteiger charge is 2.13. The van der Waals surface area contributed by atoms with Gasteiger partial charge in [0.1, 0.15) is 17.2 Å². The van der Waals surface area contributed by atoms with Gasteiger partial charge in [0.15, 0.2) is 0 Å². The Morgan fingerprint density at radius 3 is 2.23 bits per heavy atom. The monoisotopic (exact) mass is 363 g/mol. The molecule has 4 rings (SSSR count). The zero-order chi connectivity index (χ0) is 18.1. The van der Waals surface area contributed by atoms with Crippen molar-refractivity contribution in [2.45, 2.75) is 11.4 Å². The van der Waals surface area contributed by atoms with Crippen LogP contribution >= 0.6 is 11.8 Å². The van der Waals surface area contributed by atoms with Crippen LogP contribution in [0.1, 0.15) is 5.76 Å². The van der Waals surface area contributed by atoms with Gasteiger partial charge >= 0.3 is 0 Å². The summed E-state index contributed by atoms with van der Waals surface area (Å²) in [7, 11) is 0. The topological polar surface area (TPSA) is 39.2 Å². The summed E-state index contributed by atoms with van der Waals surface area (Å²) < 4.78 is 19.3. The summed E-state index contributed by atoms with van der Waals surface area (Å²) in [5.41, 5.74) is 10.6. The van der Waals surface area contributed by atoms with Crippen LogP contribution in [-0.4, -0.2) is 6.26 Å². The zero-order valence-corrected chi connectivity index (χ0v) is 15.1. The predicted molar refractivity (Wildman–Crippen MR) is 107 cm³/mol. The van der Waals surface area contributed by atoms with E-state index in [2.05, 4.69) is 42.7 Å². The summed E-state index contributed by atoms with van der Waals surface area (Å²) >= 11 is 1.72. The molecule has 0 aliphatic carbocycles. The molecule has 130 valence electrons. The Kier molecular flexibility index (Phi) is 4.53. The molecule has 0 unspecified atom stereocenters. The van der Waals surface area contributed by atoms with E-state index in [-0.39, 0.29) is 5.82 Å². The van der Waals surface area contributed by atoms with Gasteiger partial charge in [0.05, 0.1) is 6.54 Å². The van der Waals surface area contributed by atoms with Crippen LogP contribution < -0.4 is 5.73 Å². The molecule has 1 aromatic heterocycles. The van der Waals surface area contributed by atoms with Crippen LogP contribution in [0.25, 0.3) is 33.2 Å². The Morgan fingerprint density at radius 2 is 1.58 bits per heavy atom. The van der Waals surface area contributed by atoms with Gasteiger partial charge < -0.3 is 10.2 Å². The molecule has 0 saturated heterocycles. The van der Waals surface area contributed by atoms with Crippen molar-refractivity contribution in [3.8, 4) is 22.3 Å². The Hall–Kier alpha value is -2.56. The van der Waals surface area contributed by atoms with Crippen LogP contribution in [-0.2, 0) is 6.54 Å². The van der Waals surface area contributed by atoms with E-state index in [0.29, 0.717) is 6.54 Å². The number of halogens is 1. The molecular formula is C22H18FNOS. The zero-order valence-electron chi connectivity index (χ0n) is 14.3. The fourth-order valence-electron chi connectivity index (χ4n) is 3.10. The van der Waals surface area contributed by atoms with E-state index in [1.54, 1.807) is 23.9 Å². The SMILES string of the molecule is CSc1ccc(-c2cc(-c3ccc(F)cc3)c3oc(CN)cc3c2)cc1. The van der Waals surface area contributed by atoms with Gasteiger partial charge in [0, 0.05) is 15.8 Å². The summed E-state index contributed by atoms with van der Waals surface area (Å²) in [6, 6.07) is 21.1. The standard InChI is InChI=1S/C22H18FNOS/c1-26-20-8-4-14(5-9-20)16-10-17-11-19(13-24)25-22(17)21(12-16)15-2-6-18(23)7-3-15/h2-12H,13,24H2,1H3. The second kappa shape index (κ2) is 6.98. The maximum atomic E-state index is 13.3. The van der Waals surface area contributed by atoms with Gasteiger partial charge in [-0.15, -0.1) is 11.8 Å². The summed E-state index contributed by atoms with van der Waals surface area (Å²) in [4.78, 5) is 1.22. The second-order valence-corrected chi connectivity index (χ2v) is 6.97. The van der Waals surface area contributed by atoms with E-state index in [4.69, 9.17) is 10.2 Å². The maximum absolute atomic E-state index is 13.3. The molecule has 2 nitrogen and oxygen atoms in total. The Labute approximate surface area is 155 Å². The third-order valence-electron chi connectivity index (χ3n) is 4.45. The van der Waals surface area contributed by atoms with Gasteiger partial charge in [0.25, 0.3) is 0 Å². The largest absolute Gasteiger partial charge is 0.459 e. The smallest absolute Gasteiger partial charge is 0.142 e. The van der Waals surface area contributed by atoms with Crippen LogP contribution in [0.3, 0.4) is 0 Å². The van der Waals surface area contributed by atoms with E-state index >= 15 is 0 Å². The summed E-state index contributed by atoms with van der Waals surface area (Å²) in [5.74, 6) is 0.481. The lowest BCUT2D eigenvalue weighted by atomic mass is 9.97. The molecule has 0 radical (unpaired) electrons. The first kappa shape index (κ1) is 16.9. The summed E-state index contributed by atoms with van der Waals surface area (Å²) in [5, 5.41) is 0.996. The van der Waals surface area contributed by atoms with Crippen molar-refractivity contribution >= 4 is 22.7 Å². The van der Waals surface area contributed by atoms with Crippen molar-refractivity contribution in [3.05, 3.63) is 78.3 Å². The first-order chi connectivity index (χ1) is 12.7. The number of hydrogen-bond acceptors (Lipinski definition) is 3. The molecule has 0 amide bonds. The number of furan rings is 1. The van der Waals surface area contributed by atoms with Crippen LogP contribution in [0.2, 0.25) is 0 Å². The third-order valence-corrected chi connectivity index (χ3v) is 5.19. The van der Waals surface area contributed by atoms with E-state index in [9.17, 15) is 4.39 Å². The Bertz CT molecular complexity index is 1050. The third kappa shape index (κ3) is 3.14. The van der Waals surface area contributed by atoms with Crippen molar-refractivity contribution < 1.29 is 8.81 Å². The number of thioether (sulfide) groups is 1. The molecule has 1 heterocycles. The molecule has 0 saturated carbocycles. The van der Waals surface area contributed by atoms with Crippen molar-refractivity contribution in [1.82, 2.24) is 0 Å². The number of benzene rings is 3. The average molecular weight is 363 g/mol. The van der Waals surface area contributed by atoms with Crippen molar-refractivity contribution in [1.29, 1.82) is 0 Å². The molecular weight excluding hydrogens is 345 g/mol. The lowest BCUT2D eigenvalue weighted by Gasteiger charge is -2.08. The van der Waals surface area contributed by atoms with E-state index in [1.165, 1.54) is 17.0 Å². The fraction of sp³-hybridized carbons (Fsp3) is 0.0909. The van der Waals surface area contributed by atoms with Crippen LogP contribution in [0.15, 0.2) is 76.0 Å². The predicted octanol–water partition coefficient (Wildman–Crippen LogP) is 6.09. The molecule has 0 aliphatic heterocycles. The fourth-order valence-corrected chi connectivity index (χ4v) is 3.51. The molecule has 2 N–H and O–H groups in total. The van der Waals surface area contributed by atoms with E-state index in [0.717, 1.165) is 39.0 Å². The molecule has 0 fully saturated rings. The molecule has 4 heteroatoms. The van der Waals surface area contributed by atoms with Crippen molar-refractivity contribution in [3.63, 3.8) is 0 Å². The number of fused-ring (bicyclic) bond motifs is 1. The van der Waals surface area contributed by atoms with Crippen LogP contribution in [0, 0.1) is 5.82 Å². The molecule has 26 heavy (non-hydrogen) atoms. The molecule has 0 spiro atoms. The lowest BCUT2D eigenvalue weighted by molar-refractivity contribution is 0.553. The quantitative estimate of drug-likeness (QED) is 0.446. The number of rotatable bonds is 4. The van der Waals surface area contributed by atoms with Gasteiger partial charge in [-0.2, -0.15) is 0 Å². The first-order valence-corrected chi connectivity index (χ1v) is 9.57. The Morgan fingerprint density at radius 1 is 0.885 bits per heavy atom. The minimum absolute atomic E-state index is 0.254. The lowest BCUT2D eigenvalue weighted by Crippen LogP contribution is -1.92. The second-order valence-electron chi connectivity index (χ2n) is 6.09. The minimum atomic E-state index is -0.254. The van der Waals surface area contributed by atoms with Crippen LogP contribution in [0.4, 0.5) is 4.39 Å². The highest BCUT2D eigenvalue weighted by Crippen LogP contribution is 2.36. The van der Waals surface area contributed by atoms with Crippen molar-refractivity contribution in [2.75, 3.05) is 6.26 Å². The molecule has 0 aliphatic rings. The normalized spacial score (nSPS) is 11.2.